The summed E-state index contributed by atoms with van der Waals surface area (Å²) in [6.45, 7) is 0.252. The van der Waals surface area contributed by atoms with Gasteiger partial charge in [0.1, 0.15) is 12.4 Å². The average Bonchev–Trinajstić information content (AvgIpc) is 2.58. The van der Waals surface area contributed by atoms with Crippen LogP contribution in [0.3, 0.4) is 0 Å². The quantitative estimate of drug-likeness (QED) is 0.329. The van der Waals surface area contributed by atoms with E-state index in [2.05, 4.69) is 13.7 Å². The summed E-state index contributed by atoms with van der Waals surface area (Å²) in [7, 11) is -1.04. The van der Waals surface area contributed by atoms with E-state index in [1.807, 2.05) is 0 Å². The van der Waals surface area contributed by atoms with Gasteiger partial charge in [-0.05, 0) is 18.2 Å². The van der Waals surface area contributed by atoms with Gasteiger partial charge in [0.2, 0.25) is 0 Å². The zero-order chi connectivity index (χ0) is 18.9. The maximum Gasteiger partial charge on any atom is 0.338 e. The van der Waals surface area contributed by atoms with Crippen molar-refractivity contribution in [2.24, 2.45) is 0 Å². The van der Waals surface area contributed by atoms with Gasteiger partial charge >= 0.3 is 11.9 Å². The van der Waals surface area contributed by atoms with Crippen molar-refractivity contribution in [1.82, 2.24) is 0 Å². The van der Waals surface area contributed by atoms with E-state index < -0.39 is 22.1 Å². The number of hydrogen-bond acceptors (Lipinski definition) is 9. The molecule has 0 fully saturated rings. The molecule has 0 amide bonds. The number of carbonyl (C=O) groups is 2. The van der Waals surface area contributed by atoms with E-state index in [4.69, 9.17) is 9.47 Å². The minimum atomic E-state index is -3.49. The van der Waals surface area contributed by atoms with E-state index in [-0.39, 0.29) is 43.3 Å². The Morgan fingerprint density at radius 1 is 0.880 bits per heavy atom. The first-order chi connectivity index (χ1) is 11.8. The van der Waals surface area contributed by atoms with Crippen LogP contribution in [0.1, 0.15) is 20.7 Å². The number of benzene rings is 1. The van der Waals surface area contributed by atoms with Crippen LogP contribution in [0.25, 0.3) is 0 Å². The van der Waals surface area contributed by atoms with Crippen LogP contribution in [-0.4, -0.2) is 67.3 Å². The Bertz CT molecular complexity index is 663. The fourth-order valence-corrected chi connectivity index (χ4v) is 2.09. The van der Waals surface area contributed by atoms with Crippen LogP contribution in [0.4, 0.5) is 0 Å². The van der Waals surface area contributed by atoms with Crippen LogP contribution in [0.5, 0.6) is 5.75 Å². The van der Waals surface area contributed by atoms with E-state index in [1.165, 1.54) is 32.4 Å². The number of methoxy groups -OCH3 is 2. The van der Waals surface area contributed by atoms with Gasteiger partial charge in [0.25, 0.3) is 10.1 Å². The molecule has 1 aromatic carbocycles. The molecule has 10 heteroatoms. The van der Waals surface area contributed by atoms with Crippen LogP contribution >= 0.6 is 0 Å². The van der Waals surface area contributed by atoms with Gasteiger partial charge in [-0.15, -0.1) is 0 Å². The molecule has 25 heavy (non-hydrogen) atoms. The number of hydrogen-bond donors (Lipinski definition) is 0. The van der Waals surface area contributed by atoms with Crippen molar-refractivity contribution in [3.63, 3.8) is 0 Å². The molecule has 140 valence electrons. The van der Waals surface area contributed by atoms with Crippen molar-refractivity contribution in [2.45, 2.75) is 0 Å². The van der Waals surface area contributed by atoms with Gasteiger partial charge in [-0.1, -0.05) is 0 Å². The predicted octanol–water partition coefficient (Wildman–Crippen LogP) is 0.631. The van der Waals surface area contributed by atoms with Gasteiger partial charge in [-0.25, -0.2) is 9.59 Å². The van der Waals surface area contributed by atoms with Crippen molar-refractivity contribution in [2.75, 3.05) is 46.9 Å². The fraction of sp³-hybridized carbons (Fsp3) is 0.467. The first-order valence-electron chi connectivity index (χ1n) is 7.13. The van der Waals surface area contributed by atoms with E-state index in [9.17, 15) is 18.0 Å². The van der Waals surface area contributed by atoms with Crippen LogP contribution in [-0.2, 0) is 28.5 Å². The smallest absolute Gasteiger partial charge is 0.338 e. The highest BCUT2D eigenvalue weighted by Gasteiger charge is 2.14. The molecule has 1 rings (SSSR count). The van der Waals surface area contributed by atoms with E-state index in [1.54, 1.807) is 0 Å². The molecule has 9 nitrogen and oxygen atoms in total. The second-order valence-corrected chi connectivity index (χ2v) is 6.36. The molecule has 0 spiro atoms. The molecule has 0 bridgehead atoms. The van der Waals surface area contributed by atoms with Crippen LogP contribution in [0.15, 0.2) is 18.2 Å². The van der Waals surface area contributed by atoms with E-state index >= 15 is 0 Å². The molecule has 0 N–H and O–H groups in total. The highest BCUT2D eigenvalue weighted by Crippen LogP contribution is 2.19. The Morgan fingerprint density at radius 2 is 1.40 bits per heavy atom. The SMILES string of the molecule is COC(=O)c1cc(OCCOCCOS(C)(=O)=O)cc(C(=O)OC)c1. The lowest BCUT2D eigenvalue weighted by atomic mass is 10.1. The first-order valence-corrected chi connectivity index (χ1v) is 8.95. The lowest BCUT2D eigenvalue weighted by Crippen LogP contribution is -2.13. The molecule has 0 aliphatic rings. The van der Waals surface area contributed by atoms with Gasteiger partial charge in [0, 0.05) is 0 Å². The minimum absolute atomic E-state index is 0.0754. The molecule has 1 aromatic rings. The Kier molecular flexibility index (Phi) is 8.32. The van der Waals surface area contributed by atoms with Gasteiger partial charge in [0.05, 0.1) is 51.4 Å². The summed E-state index contributed by atoms with van der Waals surface area (Å²) in [5.41, 5.74) is 0.283. The van der Waals surface area contributed by atoms with Gasteiger partial charge < -0.3 is 18.9 Å². The molecule has 0 aliphatic carbocycles. The van der Waals surface area contributed by atoms with E-state index in [0.717, 1.165) is 6.26 Å². The maximum atomic E-state index is 11.6. The molecule has 0 radical (unpaired) electrons. The highest BCUT2D eigenvalue weighted by atomic mass is 32.2. The van der Waals surface area contributed by atoms with Crippen molar-refractivity contribution >= 4 is 22.1 Å². The molecular weight excluding hydrogens is 356 g/mol. The monoisotopic (exact) mass is 376 g/mol. The maximum absolute atomic E-state index is 11.6. The van der Waals surface area contributed by atoms with Gasteiger partial charge in [-0.3, -0.25) is 4.18 Å². The van der Waals surface area contributed by atoms with Crippen molar-refractivity contribution < 1.29 is 41.1 Å². The summed E-state index contributed by atoms with van der Waals surface area (Å²) < 4.78 is 45.8. The average molecular weight is 376 g/mol. The molecule has 0 unspecified atom stereocenters. The zero-order valence-corrected chi connectivity index (χ0v) is 15.0. The van der Waals surface area contributed by atoms with Crippen LogP contribution < -0.4 is 4.74 Å². The lowest BCUT2D eigenvalue weighted by Gasteiger charge is -2.10. The summed E-state index contributed by atoms with van der Waals surface area (Å²) in [6.07, 6.45) is 0.948. The third-order valence-corrected chi connectivity index (χ3v) is 3.37. The number of ether oxygens (including phenoxy) is 4. The summed E-state index contributed by atoms with van der Waals surface area (Å²) in [5.74, 6) is -0.978. The summed E-state index contributed by atoms with van der Waals surface area (Å²) in [6, 6.07) is 4.18. The van der Waals surface area contributed by atoms with Crippen molar-refractivity contribution in [1.29, 1.82) is 0 Å². The summed E-state index contributed by atoms with van der Waals surface area (Å²) >= 11 is 0. The third kappa shape index (κ3) is 7.96. The van der Waals surface area contributed by atoms with Gasteiger partial charge in [0.15, 0.2) is 0 Å². The molecule has 0 atom stereocenters. The van der Waals surface area contributed by atoms with Crippen molar-refractivity contribution in [3.8, 4) is 5.75 Å². The minimum Gasteiger partial charge on any atom is -0.491 e. The molecule has 0 saturated heterocycles. The van der Waals surface area contributed by atoms with Gasteiger partial charge in [-0.2, -0.15) is 8.42 Å². The number of rotatable bonds is 10. The molecular formula is C15H20O9S. The summed E-state index contributed by atoms with van der Waals surface area (Å²) in [4.78, 5) is 23.3. The van der Waals surface area contributed by atoms with Crippen LogP contribution in [0, 0.1) is 0 Å². The third-order valence-electron chi connectivity index (χ3n) is 2.77. The van der Waals surface area contributed by atoms with Crippen LogP contribution in [0.2, 0.25) is 0 Å². The standard InChI is InChI=1S/C15H20O9S/c1-20-14(16)11-8-12(15(17)21-2)10-13(9-11)23-6-4-22-5-7-24-25(3,18)19/h8-10H,4-7H2,1-3H3. The Morgan fingerprint density at radius 3 is 1.88 bits per heavy atom. The lowest BCUT2D eigenvalue weighted by molar-refractivity contribution is 0.0596. The topological polar surface area (TPSA) is 114 Å². The molecule has 0 aromatic heterocycles. The Hall–Kier alpha value is -2.17. The van der Waals surface area contributed by atoms with Crippen molar-refractivity contribution in [3.05, 3.63) is 29.3 Å². The summed E-state index contributed by atoms with van der Waals surface area (Å²) in [5, 5.41) is 0. The normalized spacial score (nSPS) is 11.0. The Balaban J connectivity index is 2.56. The molecule has 0 saturated carbocycles. The van der Waals surface area contributed by atoms with E-state index in [0.29, 0.717) is 0 Å². The fourth-order valence-electron chi connectivity index (χ4n) is 1.72. The highest BCUT2D eigenvalue weighted by molar-refractivity contribution is 7.85. The second-order valence-electron chi connectivity index (χ2n) is 4.72. The number of esters is 2. The molecule has 0 aliphatic heterocycles. The first kappa shape index (κ1) is 20.9. The largest absolute Gasteiger partial charge is 0.491 e. The predicted molar refractivity (Wildman–Crippen MR) is 86.2 cm³/mol. The number of carbonyl (C=O) groups excluding carboxylic acids is 2. The Labute approximate surface area is 145 Å². The second kappa shape index (κ2) is 9.97. The molecule has 0 heterocycles. The zero-order valence-electron chi connectivity index (χ0n) is 14.1.